The van der Waals surface area contributed by atoms with Crippen molar-refractivity contribution < 1.29 is 13.5 Å². The number of phenols is 1. The second-order valence-corrected chi connectivity index (χ2v) is 9.50. The summed E-state index contributed by atoms with van der Waals surface area (Å²) in [5, 5.41) is 14.7. The van der Waals surface area contributed by atoms with E-state index in [9.17, 15) is 13.5 Å². The topological polar surface area (TPSA) is 123 Å². The predicted molar refractivity (Wildman–Crippen MR) is 127 cm³/mol. The number of hydrogen-bond donors (Lipinski definition) is 2. The van der Waals surface area contributed by atoms with Crippen molar-refractivity contribution in [3.05, 3.63) is 83.4 Å². The maximum Gasteiger partial charge on any atom is 0.212 e. The van der Waals surface area contributed by atoms with Crippen molar-refractivity contribution in [2.45, 2.75) is 9.79 Å². The number of benzene rings is 3. The van der Waals surface area contributed by atoms with Gasteiger partial charge in [0.15, 0.2) is 5.65 Å². The van der Waals surface area contributed by atoms with Crippen molar-refractivity contribution in [2.24, 2.45) is 5.10 Å². The van der Waals surface area contributed by atoms with Crippen LogP contribution in [0.1, 0.15) is 5.56 Å². The maximum absolute atomic E-state index is 13.6. The van der Waals surface area contributed by atoms with E-state index in [-0.39, 0.29) is 37.5 Å². The van der Waals surface area contributed by atoms with E-state index in [4.69, 9.17) is 17.3 Å². The van der Waals surface area contributed by atoms with Crippen LogP contribution in [0.2, 0.25) is 5.02 Å². The van der Waals surface area contributed by atoms with Gasteiger partial charge in [0.05, 0.1) is 22.1 Å². The monoisotopic (exact) mass is 477 g/mol. The van der Waals surface area contributed by atoms with Crippen molar-refractivity contribution in [1.29, 1.82) is 0 Å². The minimum atomic E-state index is -4.11. The number of halogens is 1. The fraction of sp³-hybridized carbons (Fsp3) is 0. The Hall–Kier alpha value is -3.95. The number of phenolic OH excluding ortho intramolecular Hbond substituents is 1. The molecule has 5 rings (SSSR count). The number of fused-ring (bicyclic) bond motifs is 2. The predicted octanol–water partition coefficient (Wildman–Crippen LogP) is 4.24. The first-order chi connectivity index (χ1) is 15.9. The van der Waals surface area contributed by atoms with Crippen LogP contribution in [-0.4, -0.2) is 34.4 Å². The quantitative estimate of drug-likeness (QED) is 0.373. The van der Waals surface area contributed by atoms with E-state index >= 15 is 0 Å². The lowest BCUT2D eigenvalue weighted by atomic mass is 10.2. The summed E-state index contributed by atoms with van der Waals surface area (Å²) in [5.74, 6) is -0.147. The first-order valence-corrected chi connectivity index (χ1v) is 11.6. The SMILES string of the molecule is Nc1c(S(=O)(=O)c2cccc(Cl)c2)c2nc3ccccc3nc2n1N=Cc1ccccc1O. The Morgan fingerprint density at radius 2 is 1.67 bits per heavy atom. The molecule has 2 heterocycles. The van der Waals surface area contributed by atoms with Crippen molar-refractivity contribution in [3.8, 4) is 5.75 Å². The van der Waals surface area contributed by atoms with Crippen molar-refractivity contribution in [2.75, 3.05) is 5.73 Å². The molecule has 5 aromatic rings. The molecule has 0 spiro atoms. The molecule has 2 aromatic heterocycles. The largest absolute Gasteiger partial charge is 0.507 e. The Labute approximate surface area is 193 Å². The normalized spacial score (nSPS) is 12.2. The fourth-order valence-corrected chi connectivity index (χ4v) is 5.26. The minimum Gasteiger partial charge on any atom is -0.507 e. The highest BCUT2D eigenvalue weighted by molar-refractivity contribution is 7.92. The summed E-state index contributed by atoms with van der Waals surface area (Å²) >= 11 is 6.04. The fourth-order valence-electron chi connectivity index (χ4n) is 3.47. The smallest absolute Gasteiger partial charge is 0.212 e. The van der Waals surface area contributed by atoms with Gasteiger partial charge in [-0.05, 0) is 42.5 Å². The molecule has 0 amide bonds. The highest BCUT2D eigenvalue weighted by Crippen LogP contribution is 2.35. The molecule has 0 saturated carbocycles. The molecule has 0 unspecified atom stereocenters. The van der Waals surface area contributed by atoms with Crippen LogP contribution in [0.4, 0.5) is 5.82 Å². The molecule has 0 radical (unpaired) electrons. The summed E-state index contributed by atoms with van der Waals surface area (Å²) in [4.78, 5) is 8.88. The molecular formula is C23H16ClN5O3S. The van der Waals surface area contributed by atoms with Gasteiger partial charge in [-0.2, -0.15) is 9.78 Å². The molecule has 8 nitrogen and oxygen atoms in total. The summed E-state index contributed by atoms with van der Waals surface area (Å²) in [6, 6.07) is 19.6. The van der Waals surface area contributed by atoms with Crippen LogP contribution in [0.5, 0.6) is 5.75 Å². The molecule has 3 aromatic carbocycles. The number of nitrogen functional groups attached to an aromatic ring is 1. The van der Waals surface area contributed by atoms with Gasteiger partial charge in [0.25, 0.3) is 0 Å². The van der Waals surface area contributed by atoms with Gasteiger partial charge in [-0.3, -0.25) is 0 Å². The van der Waals surface area contributed by atoms with Gasteiger partial charge in [0.1, 0.15) is 22.0 Å². The van der Waals surface area contributed by atoms with Crippen LogP contribution >= 0.6 is 11.6 Å². The van der Waals surface area contributed by atoms with Crippen LogP contribution in [0.15, 0.2) is 87.7 Å². The number of nitrogens with zero attached hydrogens (tertiary/aromatic N) is 4. The van der Waals surface area contributed by atoms with Gasteiger partial charge < -0.3 is 10.8 Å². The lowest BCUT2D eigenvalue weighted by molar-refractivity contribution is 0.474. The van der Waals surface area contributed by atoms with E-state index in [0.717, 1.165) is 0 Å². The summed E-state index contributed by atoms with van der Waals surface area (Å²) in [6.07, 6.45) is 1.37. The Kier molecular flexibility index (Phi) is 4.99. The molecule has 3 N–H and O–H groups in total. The molecule has 0 aliphatic carbocycles. The number of nitrogens with two attached hydrogens (primary N) is 1. The van der Waals surface area contributed by atoms with Gasteiger partial charge in [-0.15, -0.1) is 0 Å². The molecule has 0 fully saturated rings. The molecule has 33 heavy (non-hydrogen) atoms. The maximum atomic E-state index is 13.6. The highest BCUT2D eigenvalue weighted by Gasteiger charge is 2.30. The minimum absolute atomic E-state index is 0.0135. The lowest BCUT2D eigenvalue weighted by Gasteiger charge is -2.05. The number of sulfone groups is 1. The average Bonchev–Trinajstić information content (AvgIpc) is 3.07. The van der Waals surface area contributed by atoms with E-state index in [1.54, 1.807) is 54.6 Å². The van der Waals surface area contributed by atoms with Crippen molar-refractivity contribution in [3.63, 3.8) is 0 Å². The van der Waals surface area contributed by atoms with Crippen LogP contribution in [0, 0.1) is 0 Å². The summed E-state index contributed by atoms with van der Waals surface area (Å²) in [5.41, 5.74) is 8.07. The van der Waals surface area contributed by atoms with E-state index < -0.39 is 9.84 Å². The molecular weight excluding hydrogens is 462 g/mol. The number of anilines is 1. The number of para-hydroxylation sites is 3. The van der Waals surface area contributed by atoms with E-state index in [2.05, 4.69) is 15.1 Å². The summed E-state index contributed by atoms with van der Waals surface area (Å²) in [7, 11) is -4.11. The second kappa shape index (κ2) is 7.88. The Morgan fingerprint density at radius 1 is 0.970 bits per heavy atom. The molecule has 10 heteroatoms. The summed E-state index contributed by atoms with van der Waals surface area (Å²) in [6.45, 7) is 0. The van der Waals surface area contributed by atoms with E-state index in [1.165, 1.54) is 29.1 Å². The van der Waals surface area contributed by atoms with E-state index in [1.807, 2.05) is 0 Å². The first-order valence-electron chi connectivity index (χ1n) is 9.76. The molecule has 0 atom stereocenters. The Bertz CT molecular complexity index is 1680. The first kappa shape index (κ1) is 20.9. The van der Waals surface area contributed by atoms with Crippen molar-refractivity contribution >= 4 is 55.7 Å². The van der Waals surface area contributed by atoms with Gasteiger partial charge in [-0.25, -0.2) is 18.4 Å². The highest BCUT2D eigenvalue weighted by atomic mass is 35.5. The molecule has 0 aliphatic heterocycles. The Balaban J connectivity index is 1.82. The zero-order valence-corrected chi connectivity index (χ0v) is 18.5. The number of aromatic nitrogens is 3. The second-order valence-electron chi connectivity index (χ2n) is 7.17. The zero-order valence-electron chi connectivity index (χ0n) is 16.9. The number of aromatic hydroxyl groups is 1. The number of hydrogen-bond acceptors (Lipinski definition) is 7. The molecule has 0 bridgehead atoms. The zero-order chi connectivity index (χ0) is 23.2. The van der Waals surface area contributed by atoms with Gasteiger partial charge >= 0.3 is 0 Å². The van der Waals surface area contributed by atoms with Gasteiger partial charge in [0, 0.05) is 10.6 Å². The third-order valence-electron chi connectivity index (χ3n) is 5.05. The molecule has 164 valence electrons. The van der Waals surface area contributed by atoms with Crippen LogP contribution < -0.4 is 5.73 Å². The average molecular weight is 478 g/mol. The Morgan fingerprint density at radius 3 is 2.39 bits per heavy atom. The third-order valence-corrected chi connectivity index (χ3v) is 7.10. The standard InChI is InChI=1S/C23H16ClN5O3S/c24-15-7-5-8-16(12-15)33(31,32)21-20-23(28-18-10-3-2-9-17(18)27-20)29(22(21)25)26-13-14-6-1-4-11-19(14)30/h1-13,30H,25H2. The molecule has 0 aliphatic rings. The van der Waals surface area contributed by atoms with Gasteiger partial charge in [-0.1, -0.05) is 41.9 Å². The molecule has 0 saturated heterocycles. The van der Waals surface area contributed by atoms with E-state index in [0.29, 0.717) is 16.6 Å². The van der Waals surface area contributed by atoms with Crippen LogP contribution in [-0.2, 0) is 9.84 Å². The number of rotatable bonds is 4. The van der Waals surface area contributed by atoms with Crippen LogP contribution in [0.3, 0.4) is 0 Å². The summed E-state index contributed by atoms with van der Waals surface area (Å²) < 4.78 is 28.4. The third kappa shape index (κ3) is 3.57. The van der Waals surface area contributed by atoms with Crippen LogP contribution in [0.25, 0.3) is 22.2 Å². The van der Waals surface area contributed by atoms with Gasteiger partial charge in [0.2, 0.25) is 9.84 Å². The van der Waals surface area contributed by atoms with Crippen molar-refractivity contribution in [1.82, 2.24) is 14.6 Å². The lowest BCUT2D eigenvalue weighted by Crippen LogP contribution is -2.06.